The van der Waals surface area contributed by atoms with E-state index in [1.807, 2.05) is 0 Å². The zero-order valence-corrected chi connectivity index (χ0v) is 11.6. The minimum atomic E-state index is -0.735. The molecule has 0 aromatic carbocycles. The lowest BCUT2D eigenvalue weighted by molar-refractivity contribution is -0.0640. The van der Waals surface area contributed by atoms with Crippen LogP contribution in [0.1, 0.15) is 58.3 Å². The van der Waals surface area contributed by atoms with Crippen molar-refractivity contribution in [1.29, 1.82) is 5.26 Å². The highest BCUT2D eigenvalue weighted by Gasteiger charge is 2.52. The average molecular weight is 250 g/mol. The summed E-state index contributed by atoms with van der Waals surface area (Å²) < 4.78 is 0. The maximum Gasteiger partial charge on any atom is 0.0860 e. The molecule has 1 aliphatic heterocycles. The van der Waals surface area contributed by atoms with E-state index in [-0.39, 0.29) is 0 Å². The van der Waals surface area contributed by atoms with Crippen LogP contribution in [-0.4, -0.2) is 35.2 Å². The minimum absolute atomic E-state index is 0.449. The zero-order chi connectivity index (χ0) is 13.1. The van der Waals surface area contributed by atoms with Gasteiger partial charge in [0.2, 0.25) is 0 Å². The van der Waals surface area contributed by atoms with Crippen molar-refractivity contribution >= 4 is 0 Å². The van der Waals surface area contributed by atoms with Crippen molar-refractivity contribution in [2.75, 3.05) is 19.6 Å². The average Bonchev–Trinajstić information content (AvgIpc) is 2.79. The summed E-state index contributed by atoms with van der Waals surface area (Å²) in [7, 11) is 0. The lowest BCUT2D eigenvalue weighted by Crippen LogP contribution is -2.46. The SMILES string of the molecule is CCCN1CCCC(O)(C2(C#N)CCCC2)CC1. The highest BCUT2D eigenvalue weighted by atomic mass is 16.3. The smallest absolute Gasteiger partial charge is 0.0860 e. The van der Waals surface area contributed by atoms with Crippen molar-refractivity contribution in [3.05, 3.63) is 0 Å². The highest BCUT2D eigenvalue weighted by molar-refractivity contribution is 5.14. The number of nitriles is 1. The summed E-state index contributed by atoms with van der Waals surface area (Å²) in [6.07, 6.45) is 7.79. The molecule has 0 spiro atoms. The molecule has 0 aromatic heterocycles. The van der Waals surface area contributed by atoms with E-state index in [1.54, 1.807) is 0 Å². The van der Waals surface area contributed by atoms with E-state index in [1.165, 1.54) is 6.42 Å². The molecule has 3 heteroatoms. The molecular weight excluding hydrogens is 224 g/mol. The van der Waals surface area contributed by atoms with Crippen LogP contribution in [0.4, 0.5) is 0 Å². The van der Waals surface area contributed by atoms with Crippen LogP contribution < -0.4 is 0 Å². The second-order valence-electron chi connectivity index (χ2n) is 6.13. The van der Waals surface area contributed by atoms with Gasteiger partial charge in [-0.05, 0) is 51.6 Å². The van der Waals surface area contributed by atoms with Crippen LogP contribution in [0, 0.1) is 16.7 Å². The third-order valence-corrected chi connectivity index (χ3v) is 5.01. The summed E-state index contributed by atoms with van der Waals surface area (Å²) in [5.74, 6) is 0. The molecule has 3 nitrogen and oxygen atoms in total. The Labute approximate surface area is 111 Å². The minimum Gasteiger partial charge on any atom is -0.388 e. The van der Waals surface area contributed by atoms with Crippen LogP contribution in [0.25, 0.3) is 0 Å². The first-order valence-electron chi connectivity index (χ1n) is 7.52. The van der Waals surface area contributed by atoms with E-state index in [2.05, 4.69) is 17.9 Å². The Morgan fingerprint density at radius 1 is 1.11 bits per heavy atom. The van der Waals surface area contributed by atoms with Gasteiger partial charge in [0, 0.05) is 6.54 Å². The van der Waals surface area contributed by atoms with Gasteiger partial charge in [0.05, 0.1) is 17.1 Å². The summed E-state index contributed by atoms with van der Waals surface area (Å²) in [6.45, 7) is 5.35. The van der Waals surface area contributed by atoms with E-state index in [9.17, 15) is 10.4 Å². The molecule has 0 radical (unpaired) electrons. The number of nitrogens with zero attached hydrogens (tertiary/aromatic N) is 2. The number of aliphatic hydroxyl groups is 1. The molecule has 1 aliphatic carbocycles. The number of hydrogen-bond donors (Lipinski definition) is 1. The van der Waals surface area contributed by atoms with Crippen molar-refractivity contribution in [2.45, 2.75) is 63.9 Å². The molecule has 102 valence electrons. The summed E-state index contributed by atoms with van der Waals surface area (Å²) in [5.41, 5.74) is -1.18. The fourth-order valence-electron chi connectivity index (χ4n) is 3.85. The lowest BCUT2D eigenvalue weighted by Gasteiger charge is -2.40. The standard InChI is InChI=1S/C15H26N2O/c1-2-10-17-11-5-8-15(18,9-12-17)14(13-16)6-3-4-7-14/h18H,2-12H2,1H3. The Bertz CT molecular complexity index is 317. The molecule has 2 fully saturated rings. The van der Waals surface area contributed by atoms with Crippen LogP contribution in [-0.2, 0) is 0 Å². The summed E-state index contributed by atoms with van der Waals surface area (Å²) in [4.78, 5) is 2.44. The third-order valence-electron chi connectivity index (χ3n) is 5.01. The topological polar surface area (TPSA) is 47.3 Å². The van der Waals surface area contributed by atoms with E-state index < -0.39 is 11.0 Å². The van der Waals surface area contributed by atoms with Crippen molar-refractivity contribution < 1.29 is 5.11 Å². The van der Waals surface area contributed by atoms with Gasteiger partial charge in [-0.1, -0.05) is 19.8 Å². The normalized spacial score (nSPS) is 32.9. The quantitative estimate of drug-likeness (QED) is 0.837. The van der Waals surface area contributed by atoms with Crippen LogP contribution >= 0.6 is 0 Å². The van der Waals surface area contributed by atoms with Crippen LogP contribution in [0.2, 0.25) is 0 Å². The maximum atomic E-state index is 11.0. The molecule has 1 atom stereocenters. The Balaban J connectivity index is 2.09. The highest BCUT2D eigenvalue weighted by Crippen LogP contribution is 2.50. The molecule has 0 bridgehead atoms. The molecule has 0 aromatic rings. The second kappa shape index (κ2) is 5.59. The van der Waals surface area contributed by atoms with Gasteiger partial charge in [0.1, 0.15) is 0 Å². The Morgan fingerprint density at radius 3 is 2.44 bits per heavy atom. The van der Waals surface area contributed by atoms with E-state index in [0.717, 1.165) is 64.6 Å². The lowest BCUT2D eigenvalue weighted by atomic mass is 9.68. The Kier molecular flexibility index (Phi) is 4.29. The van der Waals surface area contributed by atoms with Crippen molar-refractivity contribution in [1.82, 2.24) is 4.90 Å². The first-order valence-corrected chi connectivity index (χ1v) is 7.52. The molecule has 2 rings (SSSR count). The van der Waals surface area contributed by atoms with Gasteiger partial charge in [-0.15, -0.1) is 0 Å². The fourth-order valence-corrected chi connectivity index (χ4v) is 3.85. The third kappa shape index (κ3) is 2.41. The van der Waals surface area contributed by atoms with Gasteiger partial charge in [-0.25, -0.2) is 0 Å². The predicted molar refractivity (Wildman–Crippen MR) is 72.0 cm³/mol. The first-order chi connectivity index (χ1) is 8.66. The largest absolute Gasteiger partial charge is 0.388 e. The van der Waals surface area contributed by atoms with Gasteiger partial charge < -0.3 is 10.0 Å². The fraction of sp³-hybridized carbons (Fsp3) is 0.933. The van der Waals surface area contributed by atoms with Crippen LogP contribution in [0.3, 0.4) is 0 Å². The van der Waals surface area contributed by atoms with Gasteiger partial charge in [0.25, 0.3) is 0 Å². The van der Waals surface area contributed by atoms with Gasteiger partial charge in [-0.3, -0.25) is 0 Å². The number of hydrogen-bond acceptors (Lipinski definition) is 3. The van der Waals surface area contributed by atoms with Crippen LogP contribution in [0.15, 0.2) is 0 Å². The van der Waals surface area contributed by atoms with Gasteiger partial charge in [-0.2, -0.15) is 5.26 Å². The molecule has 18 heavy (non-hydrogen) atoms. The summed E-state index contributed by atoms with van der Waals surface area (Å²) in [6, 6.07) is 2.49. The molecule has 1 unspecified atom stereocenters. The molecule has 0 amide bonds. The van der Waals surface area contributed by atoms with E-state index in [0.29, 0.717) is 0 Å². The molecule has 1 saturated carbocycles. The molecule has 2 aliphatic rings. The number of likely N-dealkylation sites (tertiary alicyclic amines) is 1. The first kappa shape index (κ1) is 13.8. The van der Waals surface area contributed by atoms with Crippen molar-refractivity contribution in [3.8, 4) is 6.07 Å². The Morgan fingerprint density at radius 2 is 1.83 bits per heavy atom. The van der Waals surface area contributed by atoms with E-state index >= 15 is 0 Å². The Hall–Kier alpha value is -0.590. The summed E-state index contributed by atoms with van der Waals surface area (Å²) in [5, 5.41) is 20.6. The molecule has 1 heterocycles. The summed E-state index contributed by atoms with van der Waals surface area (Å²) >= 11 is 0. The van der Waals surface area contributed by atoms with Gasteiger partial charge >= 0.3 is 0 Å². The molecule has 1 saturated heterocycles. The van der Waals surface area contributed by atoms with Gasteiger partial charge in [0.15, 0.2) is 0 Å². The molecular formula is C15H26N2O. The number of rotatable bonds is 3. The van der Waals surface area contributed by atoms with Crippen molar-refractivity contribution in [2.24, 2.45) is 5.41 Å². The molecule has 1 N–H and O–H groups in total. The van der Waals surface area contributed by atoms with Crippen LogP contribution in [0.5, 0.6) is 0 Å². The maximum absolute atomic E-state index is 11.0. The van der Waals surface area contributed by atoms with E-state index in [4.69, 9.17) is 0 Å². The second-order valence-corrected chi connectivity index (χ2v) is 6.13. The van der Waals surface area contributed by atoms with Crippen molar-refractivity contribution in [3.63, 3.8) is 0 Å². The monoisotopic (exact) mass is 250 g/mol. The predicted octanol–water partition coefficient (Wildman–Crippen LogP) is 2.70. The zero-order valence-electron chi connectivity index (χ0n) is 11.6.